The maximum atomic E-state index is 11.8. The summed E-state index contributed by atoms with van der Waals surface area (Å²) in [7, 11) is 0. The second-order valence-corrected chi connectivity index (χ2v) is 8.94. The molecule has 5 atom stereocenters. The molecule has 1 aliphatic heterocycles. The minimum absolute atomic E-state index is 0.0153. The van der Waals surface area contributed by atoms with Gasteiger partial charge in [-0.15, -0.1) is 5.10 Å². The molecule has 1 saturated heterocycles. The van der Waals surface area contributed by atoms with Gasteiger partial charge >= 0.3 is 11.9 Å². The molecule has 11 nitrogen and oxygen atoms in total. The van der Waals surface area contributed by atoms with E-state index in [0.717, 1.165) is 5.75 Å². The third kappa shape index (κ3) is 8.47. The lowest BCUT2D eigenvalue weighted by Gasteiger charge is -2.43. The first-order chi connectivity index (χ1) is 17.4. The average molecular weight is 523 g/mol. The normalized spacial score (nSPS) is 23.7. The van der Waals surface area contributed by atoms with Crippen molar-refractivity contribution in [1.82, 2.24) is 19.9 Å². The number of hydrogen-bond donors (Lipinski definition) is 2. The average Bonchev–Trinajstić information content (AvgIpc) is 3.31. The van der Waals surface area contributed by atoms with Crippen LogP contribution in [-0.2, 0) is 41.8 Å². The van der Waals surface area contributed by atoms with Crippen molar-refractivity contribution in [3.8, 4) is 5.75 Å². The highest BCUT2D eigenvalue weighted by Gasteiger charge is 2.44. The van der Waals surface area contributed by atoms with Crippen LogP contribution in [0.25, 0.3) is 0 Å². The zero-order valence-electron chi connectivity index (χ0n) is 20.7. The molecule has 2 heterocycles. The number of carbonyl (C=O) groups is 2. The molecule has 1 aliphatic rings. The number of aromatic nitrogens is 3. The molecule has 2 aromatic rings. The van der Waals surface area contributed by atoms with Crippen LogP contribution < -0.4 is 9.62 Å². The van der Waals surface area contributed by atoms with Gasteiger partial charge in [0.25, 0.3) is 0 Å². The number of rotatable bonds is 13. The number of nitrogens with one attached hydrogen (secondary N) is 1. The van der Waals surface area contributed by atoms with E-state index in [2.05, 4.69) is 32.8 Å². The summed E-state index contributed by atoms with van der Waals surface area (Å²) in [6, 6.07) is 9.47. The molecule has 3 rings (SSSR count). The van der Waals surface area contributed by atoms with E-state index in [1.807, 2.05) is 44.2 Å². The molecule has 0 aliphatic carbocycles. The molecule has 0 radical (unpaired) electrons. The Hall–Kier alpha value is -2.67. The van der Waals surface area contributed by atoms with Crippen LogP contribution in [0, 0.1) is 11.8 Å². The zero-order chi connectivity index (χ0) is 25.9. The van der Waals surface area contributed by atoms with Crippen molar-refractivity contribution in [3.05, 3.63) is 42.2 Å². The van der Waals surface area contributed by atoms with Gasteiger partial charge < -0.3 is 23.8 Å². The molecule has 3 unspecified atom stereocenters. The fourth-order valence-corrected chi connectivity index (χ4v) is 4.10. The number of nitrogens with zero attached hydrogens (tertiary/aromatic N) is 3. The lowest BCUT2D eigenvalue weighted by atomic mass is 9.84. The van der Waals surface area contributed by atoms with Crippen LogP contribution in [0.4, 0.5) is 0 Å². The second-order valence-electron chi connectivity index (χ2n) is 8.76. The minimum atomic E-state index is -0.493. The maximum absolute atomic E-state index is 11.8. The molecule has 36 heavy (non-hydrogen) atoms. The van der Waals surface area contributed by atoms with Crippen molar-refractivity contribution in [3.63, 3.8) is 0 Å². The topological polar surface area (TPSA) is 123 Å². The number of ether oxygens (including phenoxy) is 4. The Bertz CT molecular complexity index is 961. The van der Waals surface area contributed by atoms with Gasteiger partial charge in [0.05, 0.1) is 12.7 Å². The highest BCUT2D eigenvalue weighted by molar-refractivity contribution is 7.77. The number of para-hydroxylation sites is 1. The highest BCUT2D eigenvalue weighted by Crippen LogP contribution is 2.34. The van der Waals surface area contributed by atoms with E-state index in [9.17, 15) is 9.59 Å². The van der Waals surface area contributed by atoms with E-state index >= 15 is 0 Å². The molecule has 198 valence electrons. The van der Waals surface area contributed by atoms with Gasteiger partial charge in [-0.25, -0.2) is 4.68 Å². The summed E-state index contributed by atoms with van der Waals surface area (Å²) < 4.78 is 25.3. The zero-order valence-corrected chi connectivity index (χ0v) is 21.6. The smallest absolute Gasteiger partial charge is 0.325 e. The van der Waals surface area contributed by atoms with Crippen LogP contribution >= 0.6 is 12.8 Å². The molecule has 1 aromatic heterocycles. The van der Waals surface area contributed by atoms with Crippen LogP contribution in [0.2, 0.25) is 0 Å². The largest absolute Gasteiger partial charge is 0.487 e. The molecule has 1 N–H and O–H groups in total. The van der Waals surface area contributed by atoms with E-state index in [1.165, 1.54) is 6.92 Å². The molecule has 0 amide bonds. The maximum Gasteiger partial charge on any atom is 0.325 e. The summed E-state index contributed by atoms with van der Waals surface area (Å²) in [6.45, 7) is 6.44. The van der Waals surface area contributed by atoms with Crippen molar-refractivity contribution >= 4 is 24.8 Å². The Labute approximate surface area is 216 Å². The second kappa shape index (κ2) is 14.2. The Morgan fingerprint density at radius 2 is 1.94 bits per heavy atom. The molecule has 0 bridgehead atoms. The van der Waals surface area contributed by atoms with Gasteiger partial charge in [-0.2, -0.15) is 0 Å². The van der Waals surface area contributed by atoms with Gasteiger partial charge in [-0.05, 0) is 25.0 Å². The first-order valence-electron chi connectivity index (χ1n) is 12.0. The van der Waals surface area contributed by atoms with E-state index in [4.69, 9.17) is 18.9 Å². The molecule has 1 aromatic carbocycles. The van der Waals surface area contributed by atoms with Crippen LogP contribution in [0.5, 0.6) is 5.75 Å². The van der Waals surface area contributed by atoms with Crippen LogP contribution in [-0.4, -0.2) is 52.0 Å². The molecule has 0 saturated carbocycles. The summed E-state index contributed by atoms with van der Waals surface area (Å²) in [5, 5.41) is 8.37. The SMILES string of the molecule is CC(=O)O[C@H]1C(Cn2cc(COc3ccccc3)nn2)OC(OCCCCC(=O)ONS)C(C)[C@H]1C. The first kappa shape index (κ1) is 27.9. The fraction of sp³-hybridized carbons (Fsp3) is 0.583. The molecule has 1 fully saturated rings. The van der Waals surface area contributed by atoms with Crippen LogP contribution in [0.1, 0.15) is 45.7 Å². The van der Waals surface area contributed by atoms with Crippen molar-refractivity contribution in [2.45, 2.75) is 71.7 Å². The fourth-order valence-electron chi connectivity index (χ4n) is 4.00. The molecule has 12 heteroatoms. The molecular weight excluding hydrogens is 488 g/mol. The van der Waals surface area contributed by atoms with Gasteiger partial charge in [0.2, 0.25) is 0 Å². The molecular formula is C24H34N4O7S. The third-order valence-corrected chi connectivity index (χ3v) is 6.15. The lowest BCUT2D eigenvalue weighted by molar-refractivity contribution is -0.269. The number of thiol groups is 1. The lowest BCUT2D eigenvalue weighted by Crippen LogP contribution is -2.53. The Kier molecular flexibility index (Phi) is 11.0. The number of esters is 1. The Balaban J connectivity index is 1.57. The summed E-state index contributed by atoms with van der Waals surface area (Å²) in [6.07, 6.45) is 1.88. The predicted octanol–water partition coefficient (Wildman–Crippen LogP) is 2.87. The number of carbonyl (C=O) groups excluding carboxylic acids is 2. The Morgan fingerprint density at radius 1 is 1.17 bits per heavy atom. The summed E-state index contributed by atoms with van der Waals surface area (Å²) in [4.78, 5) is 29.8. The summed E-state index contributed by atoms with van der Waals surface area (Å²) in [5.41, 5.74) is 0.666. The highest BCUT2D eigenvalue weighted by atomic mass is 32.1. The van der Waals surface area contributed by atoms with Crippen molar-refractivity contribution < 1.29 is 33.4 Å². The van der Waals surface area contributed by atoms with Crippen molar-refractivity contribution in [1.29, 1.82) is 0 Å². The van der Waals surface area contributed by atoms with Gasteiger partial charge in [-0.3, -0.25) is 9.59 Å². The number of unbranched alkanes of at least 4 members (excludes halogenated alkanes) is 1. The van der Waals surface area contributed by atoms with Gasteiger partial charge in [0.15, 0.2) is 6.29 Å². The Morgan fingerprint density at radius 3 is 2.67 bits per heavy atom. The predicted molar refractivity (Wildman–Crippen MR) is 131 cm³/mol. The van der Waals surface area contributed by atoms with Crippen LogP contribution in [0.15, 0.2) is 36.5 Å². The standard InChI is InChI=1S/C24H34N4O7S/c1-16-17(2)24(31-12-8-7-11-22(30)35-27-36)34-21(23(16)33-18(3)29)14-28-13-19(25-26-28)15-32-20-9-5-4-6-10-20/h4-6,9-10,13,16-17,21,23-24,27,36H,7-8,11-12,14-15H2,1-3H3/t16-,17?,21?,23-,24?/m1/s1. The monoisotopic (exact) mass is 522 g/mol. The summed E-state index contributed by atoms with van der Waals surface area (Å²) in [5.74, 6) is -0.0413. The first-order valence-corrected chi connectivity index (χ1v) is 12.4. The van der Waals surface area contributed by atoms with Gasteiger partial charge in [0, 0.05) is 31.8 Å². The third-order valence-electron chi connectivity index (χ3n) is 6.05. The number of benzene rings is 1. The van der Waals surface area contributed by atoms with Crippen molar-refractivity contribution in [2.24, 2.45) is 11.8 Å². The van der Waals surface area contributed by atoms with Crippen molar-refractivity contribution in [2.75, 3.05) is 6.61 Å². The van der Waals surface area contributed by atoms with Crippen LogP contribution in [0.3, 0.4) is 0 Å². The van der Waals surface area contributed by atoms with Gasteiger partial charge in [0.1, 0.15) is 30.3 Å². The quantitative estimate of drug-likeness (QED) is 0.176. The minimum Gasteiger partial charge on any atom is -0.487 e. The van der Waals surface area contributed by atoms with E-state index in [0.29, 0.717) is 31.7 Å². The van der Waals surface area contributed by atoms with E-state index < -0.39 is 18.5 Å². The van der Waals surface area contributed by atoms with E-state index in [-0.39, 0.29) is 36.8 Å². The van der Waals surface area contributed by atoms with E-state index in [1.54, 1.807) is 10.9 Å². The molecule has 0 spiro atoms. The summed E-state index contributed by atoms with van der Waals surface area (Å²) >= 11 is 3.63. The van der Waals surface area contributed by atoms with Gasteiger partial charge in [-0.1, -0.05) is 55.0 Å². The number of hydrogen-bond acceptors (Lipinski definition) is 11.